The first-order valence-corrected chi connectivity index (χ1v) is 5.05. The number of rotatable bonds is 3. The molecular formula is C12H8FNO4. The summed E-state index contributed by atoms with van der Waals surface area (Å²) in [5.74, 6) is -3.49. The minimum absolute atomic E-state index is 0.0104. The number of benzene rings is 1. The van der Waals surface area contributed by atoms with Gasteiger partial charge in [0, 0.05) is 11.6 Å². The van der Waals surface area contributed by atoms with E-state index in [1.165, 1.54) is 18.2 Å². The molecule has 2 amide bonds. The second kappa shape index (κ2) is 4.40. The molecule has 5 nitrogen and oxygen atoms in total. The summed E-state index contributed by atoms with van der Waals surface area (Å²) in [6.07, 6.45) is 0.948. The number of carboxylic acid groups (broad SMARTS) is 1. The van der Waals surface area contributed by atoms with E-state index in [-0.39, 0.29) is 11.1 Å². The van der Waals surface area contributed by atoms with Gasteiger partial charge in [-0.15, -0.1) is 0 Å². The van der Waals surface area contributed by atoms with Crippen molar-refractivity contribution >= 4 is 23.4 Å². The van der Waals surface area contributed by atoms with Gasteiger partial charge in [0.05, 0.1) is 5.57 Å². The minimum Gasteiger partial charge on any atom is -0.480 e. The van der Waals surface area contributed by atoms with Gasteiger partial charge in [-0.1, -0.05) is 18.2 Å². The van der Waals surface area contributed by atoms with Crippen LogP contribution in [-0.2, 0) is 14.4 Å². The van der Waals surface area contributed by atoms with E-state index in [2.05, 4.69) is 0 Å². The number of carboxylic acids is 1. The molecule has 1 N–H and O–H groups in total. The number of aliphatic carboxylic acids is 1. The highest BCUT2D eigenvalue weighted by atomic mass is 19.1. The lowest BCUT2D eigenvalue weighted by Crippen LogP contribution is -2.35. The van der Waals surface area contributed by atoms with Crippen LogP contribution in [0.25, 0.3) is 5.57 Å². The van der Waals surface area contributed by atoms with Gasteiger partial charge in [0.2, 0.25) is 0 Å². The van der Waals surface area contributed by atoms with Crippen LogP contribution in [0, 0.1) is 5.82 Å². The molecule has 0 saturated carbocycles. The number of hydrogen-bond acceptors (Lipinski definition) is 3. The summed E-state index contributed by atoms with van der Waals surface area (Å²) in [5, 5.41) is 8.58. The van der Waals surface area contributed by atoms with Gasteiger partial charge in [0.15, 0.2) is 0 Å². The molecule has 0 spiro atoms. The van der Waals surface area contributed by atoms with E-state index in [9.17, 15) is 18.8 Å². The average Bonchev–Trinajstić information content (AvgIpc) is 2.57. The first kappa shape index (κ1) is 12.0. The van der Waals surface area contributed by atoms with E-state index in [4.69, 9.17) is 5.11 Å². The molecule has 0 atom stereocenters. The van der Waals surface area contributed by atoms with Crippen LogP contribution in [0.1, 0.15) is 5.56 Å². The first-order valence-electron chi connectivity index (χ1n) is 5.05. The molecule has 1 aromatic carbocycles. The van der Waals surface area contributed by atoms with Crippen LogP contribution in [0.4, 0.5) is 4.39 Å². The molecule has 2 rings (SSSR count). The van der Waals surface area contributed by atoms with Crippen LogP contribution >= 0.6 is 0 Å². The van der Waals surface area contributed by atoms with Crippen molar-refractivity contribution in [1.82, 2.24) is 4.90 Å². The Bertz CT molecular complexity index is 579. The van der Waals surface area contributed by atoms with E-state index in [1.54, 1.807) is 0 Å². The zero-order chi connectivity index (χ0) is 13.3. The number of nitrogens with zero attached hydrogens (tertiary/aromatic N) is 1. The Morgan fingerprint density at radius 2 is 1.94 bits per heavy atom. The fourth-order valence-electron chi connectivity index (χ4n) is 1.67. The molecular weight excluding hydrogens is 241 g/mol. The Morgan fingerprint density at radius 3 is 2.56 bits per heavy atom. The summed E-state index contributed by atoms with van der Waals surface area (Å²) in [5.41, 5.74) is -0.136. The Labute approximate surface area is 101 Å². The monoisotopic (exact) mass is 249 g/mol. The SMILES string of the molecule is O=C(O)CN1C(=O)C=C(c2ccccc2F)C1=O. The summed E-state index contributed by atoms with van der Waals surface area (Å²) in [4.78, 5) is 34.3. The molecule has 0 fully saturated rings. The predicted octanol–water partition coefficient (Wildman–Crippen LogP) is 0.663. The lowest BCUT2D eigenvalue weighted by molar-refractivity contribution is -0.147. The quantitative estimate of drug-likeness (QED) is 0.798. The Balaban J connectivity index is 2.35. The van der Waals surface area contributed by atoms with Crippen molar-refractivity contribution in [3.8, 4) is 0 Å². The molecule has 0 unspecified atom stereocenters. The van der Waals surface area contributed by atoms with Crippen molar-refractivity contribution in [3.63, 3.8) is 0 Å². The van der Waals surface area contributed by atoms with Gasteiger partial charge in [-0.05, 0) is 6.07 Å². The van der Waals surface area contributed by atoms with Gasteiger partial charge >= 0.3 is 5.97 Å². The van der Waals surface area contributed by atoms with E-state index < -0.39 is 30.1 Å². The fraction of sp³-hybridized carbons (Fsp3) is 0.0833. The lowest BCUT2D eigenvalue weighted by atomic mass is 10.1. The maximum atomic E-state index is 13.5. The number of halogens is 1. The Kier molecular flexibility index (Phi) is 2.93. The fourth-order valence-corrected chi connectivity index (χ4v) is 1.67. The molecule has 1 aliphatic rings. The predicted molar refractivity (Wildman–Crippen MR) is 58.7 cm³/mol. The molecule has 1 heterocycles. The minimum atomic E-state index is -1.31. The highest BCUT2D eigenvalue weighted by Gasteiger charge is 2.33. The molecule has 0 aromatic heterocycles. The summed E-state index contributed by atoms with van der Waals surface area (Å²) < 4.78 is 13.5. The summed E-state index contributed by atoms with van der Waals surface area (Å²) >= 11 is 0. The summed E-state index contributed by atoms with van der Waals surface area (Å²) in [6.45, 7) is -0.730. The molecule has 92 valence electrons. The second-order valence-electron chi connectivity index (χ2n) is 3.66. The number of imide groups is 1. The first-order chi connectivity index (χ1) is 8.50. The van der Waals surface area contributed by atoms with Crippen molar-refractivity contribution < 1.29 is 23.9 Å². The number of carbonyl (C=O) groups excluding carboxylic acids is 2. The van der Waals surface area contributed by atoms with Crippen LogP contribution in [0.15, 0.2) is 30.3 Å². The molecule has 0 aliphatic carbocycles. The third-order valence-corrected chi connectivity index (χ3v) is 2.47. The highest BCUT2D eigenvalue weighted by Crippen LogP contribution is 2.25. The van der Waals surface area contributed by atoms with Gasteiger partial charge in [0.1, 0.15) is 12.4 Å². The van der Waals surface area contributed by atoms with E-state index >= 15 is 0 Å². The van der Waals surface area contributed by atoms with Crippen LogP contribution in [0.2, 0.25) is 0 Å². The molecule has 1 aromatic rings. The maximum absolute atomic E-state index is 13.5. The molecule has 1 aliphatic heterocycles. The maximum Gasteiger partial charge on any atom is 0.323 e. The molecule has 0 radical (unpaired) electrons. The van der Waals surface area contributed by atoms with Crippen LogP contribution in [0.3, 0.4) is 0 Å². The smallest absolute Gasteiger partial charge is 0.323 e. The Morgan fingerprint density at radius 1 is 1.28 bits per heavy atom. The van der Waals surface area contributed by atoms with Crippen LogP contribution < -0.4 is 0 Å². The lowest BCUT2D eigenvalue weighted by Gasteiger charge is -2.11. The summed E-state index contributed by atoms with van der Waals surface area (Å²) in [7, 11) is 0. The standard InChI is InChI=1S/C12H8FNO4/c13-9-4-2-1-3-7(9)8-5-10(15)14(12(8)18)6-11(16)17/h1-5H,6H2,(H,16,17). The van der Waals surface area contributed by atoms with Crippen molar-refractivity contribution in [2.75, 3.05) is 6.54 Å². The van der Waals surface area contributed by atoms with Gasteiger partial charge in [-0.3, -0.25) is 19.3 Å². The molecule has 6 heteroatoms. The third kappa shape index (κ3) is 2.00. The van der Waals surface area contributed by atoms with Crippen LogP contribution in [-0.4, -0.2) is 34.3 Å². The Hall–Kier alpha value is -2.50. The second-order valence-corrected chi connectivity index (χ2v) is 3.66. The zero-order valence-electron chi connectivity index (χ0n) is 9.09. The van der Waals surface area contributed by atoms with Crippen molar-refractivity contribution in [3.05, 3.63) is 41.7 Å². The van der Waals surface area contributed by atoms with E-state index in [0.717, 1.165) is 12.1 Å². The summed E-state index contributed by atoms with van der Waals surface area (Å²) in [6, 6.07) is 5.50. The largest absolute Gasteiger partial charge is 0.480 e. The van der Waals surface area contributed by atoms with Gasteiger partial charge in [-0.25, -0.2) is 4.39 Å². The highest BCUT2D eigenvalue weighted by molar-refractivity contribution is 6.33. The average molecular weight is 249 g/mol. The number of hydrogen-bond donors (Lipinski definition) is 1. The van der Waals surface area contributed by atoms with Gasteiger partial charge < -0.3 is 5.11 Å². The normalized spacial score (nSPS) is 14.9. The van der Waals surface area contributed by atoms with Crippen molar-refractivity contribution in [2.24, 2.45) is 0 Å². The molecule has 18 heavy (non-hydrogen) atoms. The topological polar surface area (TPSA) is 74.7 Å². The number of carbonyl (C=O) groups is 3. The van der Waals surface area contributed by atoms with Crippen molar-refractivity contribution in [2.45, 2.75) is 0 Å². The van der Waals surface area contributed by atoms with Gasteiger partial charge in [0.25, 0.3) is 11.8 Å². The van der Waals surface area contributed by atoms with E-state index in [1.807, 2.05) is 0 Å². The van der Waals surface area contributed by atoms with E-state index in [0.29, 0.717) is 4.90 Å². The van der Waals surface area contributed by atoms with Crippen molar-refractivity contribution in [1.29, 1.82) is 0 Å². The third-order valence-electron chi connectivity index (χ3n) is 2.47. The molecule has 0 bridgehead atoms. The zero-order valence-corrected chi connectivity index (χ0v) is 9.09. The van der Waals surface area contributed by atoms with Gasteiger partial charge in [-0.2, -0.15) is 0 Å². The van der Waals surface area contributed by atoms with Crippen LogP contribution in [0.5, 0.6) is 0 Å². The molecule has 0 saturated heterocycles. The number of amides is 2.